The molecular formula is C17H26N2O2. The molecule has 0 saturated carbocycles. The molecule has 1 aromatic rings. The van der Waals surface area contributed by atoms with Gasteiger partial charge >= 0.3 is 0 Å². The lowest BCUT2D eigenvalue weighted by molar-refractivity contribution is 0.0522. The van der Waals surface area contributed by atoms with Crippen molar-refractivity contribution in [2.75, 3.05) is 18.4 Å². The fourth-order valence-electron chi connectivity index (χ4n) is 2.86. The molecule has 0 aliphatic carbocycles. The van der Waals surface area contributed by atoms with Gasteiger partial charge in [-0.25, -0.2) is 0 Å². The second kappa shape index (κ2) is 6.94. The molecule has 1 aliphatic rings. The molecule has 2 N–H and O–H groups in total. The molecule has 1 aromatic carbocycles. The number of aliphatic hydroxyl groups excluding tert-OH is 1. The monoisotopic (exact) mass is 290 g/mol. The van der Waals surface area contributed by atoms with E-state index in [2.05, 4.69) is 19.2 Å². The predicted molar refractivity (Wildman–Crippen MR) is 85.5 cm³/mol. The summed E-state index contributed by atoms with van der Waals surface area (Å²) < 4.78 is 0. The van der Waals surface area contributed by atoms with Gasteiger partial charge in [0, 0.05) is 24.8 Å². The van der Waals surface area contributed by atoms with Crippen molar-refractivity contribution < 1.29 is 9.90 Å². The first-order valence-corrected chi connectivity index (χ1v) is 7.82. The fourth-order valence-corrected chi connectivity index (χ4v) is 2.86. The number of para-hydroxylation sites is 1. The highest BCUT2D eigenvalue weighted by molar-refractivity contribution is 5.99. The third kappa shape index (κ3) is 3.97. The first-order valence-electron chi connectivity index (χ1n) is 7.82. The molecule has 1 atom stereocenters. The van der Waals surface area contributed by atoms with Gasteiger partial charge in [0.25, 0.3) is 5.91 Å². The Morgan fingerprint density at radius 2 is 1.86 bits per heavy atom. The van der Waals surface area contributed by atoms with Crippen LogP contribution in [0.2, 0.25) is 0 Å². The van der Waals surface area contributed by atoms with Crippen molar-refractivity contribution >= 4 is 11.6 Å². The minimum atomic E-state index is -0.280. The van der Waals surface area contributed by atoms with Crippen LogP contribution in [0.15, 0.2) is 24.3 Å². The van der Waals surface area contributed by atoms with E-state index in [-0.39, 0.29) is 12.0 Å². The molecule has 116 valence electrons. The predicted octanol–water partition coefficient (Wildman–Crippen LogP) is 2.74. The molecule has 1 amide bonds. The van der Waals surface area contributed by atoms with Gasteiger partial charge < -0.3 is 15.3 Å². The van der Waals surface area contributed by atoms with E-state index in [0.717, 1.165) is 37.2 Å². The lowest BCUT2D eigenvalue weighted by atomic mass is 9.92. The normalized spacial score (nSPS) is 17.9. The van der Waals surface area contributed by atoms with Gasteiger partial charge in [0.15, 0.2) is 0 Å². The summed E-state index contributed by atoms with van der Waals surface area (Å²) in [5.74, 6) is 0.404. The first kappa shape index (κ1) is 15.8. The second-order valence-corrected chi connectivity index (χ2v) is 6.21. The number of hydrogen-bond acceptors (Lipinski definition) is 3. The van der Waals surface area contributed by atoms with Crippen LogP contribution in [-0.4, -0.2) is 41.1 Å². The Balaban J connectivity index is 2.07. The largest absolute Gasteiger partial charge is 0.393 e. The number of nitrogens with one attached hydrogen (secondary N) is 1. The van der Waals surface area contributed by atoms with Gasteiger partial charge in [0.05, 0.1) is 11.7 Å². The molecule has 1 saturated heterocycles. The average Bonchev–Trinajstić information content (AvgIpc) is 2.46. The van der Waals surface area contributed by atoms with E-state index >= 15 is 0 Å². The number of hydrogen-bond donors (Lipinski definition) is 2. The van der Waals surface area contributed by atoms with Gasteiger partial charge in [-0.3, -0.25) is 4.79 Å². The quantitative estimate of drug-likeness (QED) is 0.896. The van der Waals surface area contributed by atoms with Crippen molar-refractivity contribution in [3.8, 4) is 0 Å². The molecule has 0 spiro atoms. The molecule has 21 heavy (non-hydrogen) atoms. The number of rotatable bonds is 4. The number of piperidine rings is 1. The van der Waals surface area contributed by atoms with Crippen molar-refractivity contribution in [1.82, 2.24) is 4.90 Å². The van der Waals surface area contributed by atoms with Gasteiger partial charge in [-0.15, -0.1) is 0 Å². The lowest BCUT2D eigenvalue weighted by Gasteiger charge is -2.33. The van der Waals surface area contributed by atoms with Crippen LogP contribution in [0.3, 0.4) is 0 Å². The van der Waals surface area contributed by atoms with E-state index in [9.17, 15) is 9.90 Å². The number of carbonyl (C=O) groups excluding carboxylic acids is 1. The minimum absolute atomic E-state index is 0.0859. The molecule has 1 heterocycles. The van der Waals surface area contributed by atoms with Crippen LogP contribution in [0.25, 0.3) is 0 Å². The highest BCUT2D eigenvalue weighted by Crippen LogP contribution is 2.24. The topological polar surface area (TPSA) is 52.6 Å². The Hall–Kier alpha value is -1.55. The minimum Gasteiger partial charge on any atom is -0.393 e. The second-order valence-electron chi connectivity index (χ2n) is 6.21. The average molecular weight is 290 g/mol. The summed E-state index contributed by atoms with van der Waals surface area (Å²) in [6, 6.07) is 7.98. The number of likely N-dealkylation sites (tertiary alicyclic amines) is 1. The number of carbonyl (C=O) groups is 1. The Labute approximate surface area is 127 Å². The van der Waals surface area contributed by atoms with Crippen molar-refractivity contribution in [3.05, 3.63) is 29.8 Å². The maximum Gasteiger partial charge on any atom is 0.255 e. The van der Waals surface area contributed by atoms with E-state index < -0.39 is 0 Å². The zero-order valence-electron chi connectivity index (χ0n) is 13.2. The molecule has 0 bridgehead atoms. The Morgan fingerprint density at radius 3 is 2.43 bits per heavy atom. The van der Waals surface area contributed by atoms with Crippen LogP contribution < -0.4 is 5.32 Å². The highest BCUT2D eigenvalue weighted by Gasteiger charge is 2.27. The third-order valence-corrected chi connectivity index (χ3v) is 4.11. The summed E-state index contributed by atoms with van der Waals surface area (Å²) in [6.07, 6.45) is 1.48. The third-order valence-electron chi connectivity index (χ3n) is 4.11. The van der Waals surface area contributed by atoms with Crippen LogP contribution in [0, 0.1) is 5.92 Å². The van der Waals surface area contributed by atoms with Crippen LogP contribution in [0.1, 0.15) is 44.0 Å². The summed E-state index contributed by atoms with van der Waals surface area (Å²) in [5.41, 5.74) is 1.64. The molecule has 4 nitrogen and oxygen atoms in total. The number of benzene rings is 1. The van der Waals surface area contributed by atoms with Crippen molar-refractivity contribution in [2.45, 2.75) is 45.8 Å². The number of amides is 1. The molecule has 1 aliphatic heterocycles. The van der Waals surface area contributed by atoms with Gasteiger partial charge in [0.2, 0.25) is 0 Å². The van der Waals surface area contributed by atoms with Gasteiger partial charge in [-0.2, -0.15) is 0 Å². The van der Waals surface area contributed by atoms with Gasteiger partial charge in [-0.1, -0.05) is 12.1 Å². The van der Waals surface area contributed by atoms with E-state index in [4.69, 9.17) is 0 Å². The Kier molecular flexibility index (Phi) is 5.23. The highest BCUT2D eigenvalue weighted by atomic mass is 16.3. The van der Waals surface area contributed by atoms with Crippen molar-refractivity contribution in [3.63, 3.8) is 0 Å². The fraction of sp³-hybridized carbons (Fsp3) is 0.588. The van der Waals surface area contributed by atoms with Crippen LogP contribution in [-0.2, 0) is 0 Å². The summed E-state index contributed by atoms with van der Waals surface area (Å²) in [7, 11) is 0. The maximum atomic E-state index is 12.7. The summed E-state index contributed by atoms with van der Waals surface area (Å²) in [4.78, 5) is 14.6. The van der Waals surface area contributed by atoms with E-state index in [1.807, 2.05) is 36.1 Å². The van der Waals surface area contributed by atoms with E-state index in [1.165, 1.54) is 0 Å². The molecule has 1 unspecified atom stereocenters. The van der Waals surface area contributed by atoms with Crippen LogP contribution in [0.5, 0.6) is 0 Å². The lowest BCUT2D eigenvalue weighted by Crippen LogP contribution is -2.41. The number of aliphatic hydroxyl groups is 1. The zero-order valence-corrected chi connectivity index (χ0v) is 13.2. The smallest absolute Gasteiger partial charge is 0.255 e. The number of anilines is 1. The van der Waals surface area contributed by atoms with Crippen molar-refractivity contribution in [1.29, 1.82) is 0 Å². The summed E-state index contributed by atoms with van der Waals surface area (Å²) in [6.45, 7) is 7.42. The molecule has 1 fully saturated rings. The van der Waals surface area contributed by atoms with Crippen LogP contribution >= 0.6 is 0 Å². The molecule has 4 heteroatoms. The Bertz CT molecular complexity index is 477. The van der Waals surface area contributed by atoms with Gasteiger partial charge in [0.1, 0.15) is 0 Å². The molecule has 2 rings (SSSR count). The standard InChI is InChI=1S/C17H26N2O2/c1-12(2)18-16-7-5-4-6-15(16)17(21)19-10-8-14(9-11-19)13(3)20/h4-7,12-14,18,20H,8-11H2,1-3H3. The molecular weight excluding hydrogens is 264 g/mol. The van der Waals surface area contributed by atoms with E-state index in [0.29, 0.717) is 12.0 Å². The Morgan fingerprint density at radius 1 is 1.24 bits per heavy atom. The summed E-state index contributed by atoms with van der Waals surface area (Å²) >= 11 is 0. The van der Waals surface area contributed by atoms with Crippen LogP contribution in [0.4, 0.5) is 5.69 Å². The summed E-state index contributed by atoms with van der Waals surface area (Å²) in [5, 5.41) is 13.0. The zero-order chi connectivity index (χ0) is 15.4. The molecule has 0 radical (unpaired) electrons. The molecule has 0 aromatic heterocycles. The van der Waals surface area contributed by atoms with Crippen molar-refractivity contribution in [2.24, 2.45) is 5.92 Å². The van der Waals surface area contributed by atoms with E-state index in [1.54, 1.807) is 0 Å². The SMILES string of the molecule is CC(C)Nc1ccccc1C(=O)N1CCC(C(C)O)CC1. The first-order chi connectivity index (χ1) is 9.99. The van der Waals surface area contributed by atoms with Gasteiger partial charge in [-0.05, 0) is 51.7 Å². The maximum absolute atomic E-state index is 12.7. The number of nitrogens with zero attached hydrogens (tertiary/aromatic N) is 1.